The number of aryl methyl sites for hydroxylation is 1. The van der Waals surface area contributed by atoms with Crippen LogP contribution in [0.3, 0.4) is 0 Å². The van der Waals surface area contributed by atoms with E-state index in [-0.39, 0.29) is 11.8 Å². The van der Waals surface area contributed by atoms with Gasteiger partial charge in [-0.3, -0.25) is 0 Å². The molecule has 0 aliphatic carbocycles. The SMILES string of the molecule is C=CCn1c(-c2ccco2)nc2c(N)nc(OCCCc3ccccc3)nc21. The normalized spacial score (nSPS) is 11.0. The molecule has 142 valence electrons. The van der Waals surface area contributed by atoms with Crippen LogP contribution in [0.2, 0.25) is 0 Å². The molecule has 3 heterocycles. The number of furan rings is 1. The van der Waals surface area contributed by atoms with Gasteiger partial charge in [-0.1, -0.05) is 36.4 Å². The molecule has 0 amide bonds. The quantitative estimate of drug-likeness (QED) is 0.371. The lowest BCUT2D eigenvalue weighted by Gasteiger charge is -2.07. The summed E-state index contributed by atoms with van der Waals surface area (Å²) in [6, 6.07) is 14.2. The van der Waals surface area contributed by atoms with Gasteiger partial charge in [-0.25, -0.2) is 4.98 Å². The Bertz CT molecular complexity index is 1070. The third kappa shape index (κ3) is 3.59. The van der Waals surface area contributed by atoms with Gasteiger partial charge in [0.1, 0.15) is 0 Å². The summed E-state index contributed by atoms with van der Waals surface area (Å²) in [5.74, 6) is 1.53. The molecule has 0 bridgehead atoms. The molecule has 0 saturated heterocycles. The fraction of sp³-hybridized carbons (Fsp3) is 0.190. The average Bonchev–Trinajstić information content (AvgIpc) is 3.35. The number of benzene rings is 1. The van der Waals surface area contributed by atoms with E-state index in [4.69, 9.17) is 14.9 Å². The Balaban J connectivity index is 1.56. The molecule has 3 aromatic heterocycles. The highest BCUT2D eigenvalue weighted by Crippen LogP contribution is 2.28. The number of hydrogen-bond donors (Lipinski definition) is 1. The minimum absolute atomic E-state index is 0.245. The first-order chi connectivity index (χ1) is 13.8. The second-order valence-corrected chi connectivity index (χ2v) is 6.31. The molecule has 7 heteroatoms. The number of fused-ring (bicyclic) bond motifs is 1. The average molecular weight is 375 g/mol. The summed E-state index contributed by atoms with van der Waals surface area (Å²) in [5, 5.41) is 0. The third-order valence-electron chi connectivity index (χ3n) is 4.34. The van der Waals surface area contributed by atoms with Gasteiger partial charge in [0.25, 0.3) is 0 Å². The highest BCUT2D eigenvalue weighted by molar-refractivity contribution is 5.85. The van der Waals surface area contributed by atoms with Crippen molar-refractivity contribution in [1.29, 1.82) is 0 Å². The van der Waals surface area contributed by atoms with E-state index >= 15 is 0 Å². The van der Waals surface area contributed by atoms with Gasteiger partial charge in [-0.05, 0) is 30.5 Å². The summed E-state index contributed by atoms with van der Waals surface area (Å²) in [6.45, 7) is 4.82. The van der Waals surface area contributed by atoms with Gasteiger partial charge in [-0.2, -0.15) is 9.97 Å². The predicted molar refractivity (Wildman–Crippen MR) is 108 cm³/mol. The van der Waals surface area contributed by atoms with Crippen molar-refractivity contribution in [3.8, 4) is 17.6 Å². The first kappa shape index (κ1) is 17.8. The zero-order chi connectivity index (χ0) is 19.3. The number of anilines is 1. The summed E-state index contributed by atoms with van der Waals surface area (Å²) in [4.78, 5) is 13.3. The van der Waals surface area contributed by atoms with Gasteiger partial charge < -0.3 is 19.5 Å². The van der Waals surface area contributed by atoms with Crippen LogP contribution >= 0.6 is 0 Å². The number of nitrogen functional groups attached to an aromatic ring is 1. The van der Waals surface area contributed by atoms with Crippen molar-refractivity contribution in [1.82, 2.24) is 19.5 Å². The molecule has 4 aromatic rings. The van der Waals surface area contributed by atoms with Crippen LogP contribution < -0.4 is 10.5 Å². The van der Waals surface area contributed by atoms with E-state index in [0.717, 1.165) is 12.8 Å². The molecule has 0 aliphatic heterocycles. The fourth-order valence-electron chi connectivity index (χ4n) is 3.05. The van der Waals surface area contributed by atoms with Crippen LogP contribution in [0, 0.1) is 0 Å². The second kappa shape index (κ2) is 7.96. The van der Waals surface area contributed by atoms with Crippen molar-refractivity contribution in [3.63, 3.8) is 0 Å². The maximum atomic E-state index is 6.12. The summed E-state index contributed by atoms with van der Waals surface area (Å²) in [6.07, 6.45) is 5.15. The van der Waals surface area contributed by atoms with Crippen LogP contribution in [-0.2, 0) is 13.0 Å². The van der Waals surface area contributed by atoms with Crippen LogP contribution in [0.1, 0.15) is 12.0 Å². The van der Waals surface area contributed by atoms with Gasteiger partial charge in [0.05, 0.1) is 12.9 Å². The van der Waals surface area contributed by atoms with Crippen molar-refractivity contribution < 1.29 is 9.15 Å². The largest absolute Gasteiger partial charge is 0.463 e. The molecule has 0 saturated carbocycles. The van der Waals surface area contributed by atoms with E-state index in [0.29, 0.717) is 35.9 Å². The molecule has 7 nitrogen and oxygen atoms in total. The molecular formula is C21H21N5O2. The van der Waals surface area contributed by atoms with Crippen LogP contribution in [0.4, 0.5) is 5.82 Å². The maximum absolute atomic E-state index is 6.12. The van der Waals surface area contributed by atoms with Crippen LogP contribution in [0.25, 0.3) is 22.7 Å². The van der Waals surface area contributed by atoms with Crippen LogP contribution in [0.15, 0.2) is 65.8 Å². The minimum Gasteiger partial charge on any atom is -0.463 e. The molecule has 0 spiro atoms. The summed E-state index contributed by atoms with van der Waals surface area (Å²) in [5.41, 5.74) is 8.51. The first-order valence-corrected chi connectivity index (χ1v) is 9.11. The number of rotatable bonds is 8. The van der Waals surface area contributed by atoms with Crippen molar-refractivity contribution in [2.75, 3.05) is 12.3 Å². The number of ether oxygens (including phenoxy) is 1. The maximum Gasteiger partial charge on any atom is 0.320 e. The molecule has 0 atom stereocenters. The van der Waals surface area contributed by atoms with E-state index in [1.165, 1.54) is 5.56 Å². The first-order valence-electron chi connectivity index (χ1n) is 9.11. The Morgan fingerprint density at radius 2 is 1.96 bits per heavy atom. The van der Waals surface area contributed by atoms with Gasteiger partial charge in [-0.15, -0.1) is 6.58 Å². The van der Waals surface area contributed by atoms with Crippen molar-refractivity contribution >= 4 is 17.0 Å². The molecule has 0 fully saturated rings. The molecule has 0 aliphatic rings. The summed E-state index contributed by atoms with van der Waals surface area (Å²) in [7, 11) is 0. The molecule has 28 heavy (non-hydrogen) atoms. The van der Waals surface area contributed by atoms with E-state index in [1.54, 1.807) is 12.3 Å². The number of nitrogens with zero attached hydrogens (tertiary/aromatic N) is 4. The summed E-state index contributed by atoms with van der Waals surface area (Å²) < 4.78 is 13.1. The number of nitrogens with two attached hydrogens (primary N) is 1. The molecule has 0 radical (unpaired) electrons. The Labute approximate surface area is 162 Å². The Kier molecular flexibility index (Phi) is 5.05. The lowest BCUT2D eigenvalue weighted by atomic mass is 10.1. The van der Waals surface area contributed by atoms with Gasteiger partial charge >= 0.3 is 6.01 Å². The minimum atomic E-state index is 0.245. The van der Waals surface area contributed by atoms with E-state index in [9.17, 15) is 0 Å². The highest BCUT2D eigenvalue weighted by Gasteiger charge is 2.19. The van der Waals surface area contributed by atoms with Crippen molar-refractivity contribution in [3.05, 3.63) is 66.9 Å². The number of allylic oxidation sites excluding steroid dienone is 1. The van der Waals surface area contributed by atoms with E-state index in [2.05, 4.69) is 33.7 Å². The van der Waals surface area contributed by atoms with Crippen molar-refractivity contribution in [2.24, 2.45) is 0 Å². The second-order valence-electron chi connectivity index (χ2n) is 6.31. The molecule has 2 N–H and O–H groups in total. The standard InChI is InChI=1S/C21H21N5O2/c1-2-12-26-19(16-11-7-13-27-16)23-17-18(22)24-21(25-20(17)26)28-14-6-10-15-8-4-3-5-9-15/h2-5,7-9,11,13H,1,6,10,12,14H2,(H2,22,24,25). The smallest absolute Gasteiger partial charge is 0.320 e. The van der Waals surface area contributed by atoms with Crippen molar-refractivity contribution in [2.45, 2.75) is 19.4 Å². The molecule has 4 rings (SSSR count). The molecular weight excluding hydrogens is 354 g/mol. The lowest BCUT2D eigenvalue weighted by molar-refractivity contribution is 0.288. The third-order valence-corrected chi connectivity index (χ3v) is 4.34. The summed E-state index contributed by atoms with van der Waals surface area (Å²) >= 11 is 0. The Hall–Kier alpha value is -3.61. The van der Waals surface area contributed by atoms with Gasteiger partial charge in [0, 0.05) is 6.54 Å². The zero-order valence-corrected chi connectivity index (χ0v) is 15.4. The molecule has 1 aromatic carbocycles. The van der Waals surface area contributed by atoms with E-state index in [1.807, 2.05) is 34.9 Å². The monoisotopic (exact) mass is 375 g/mol. The highest BCUT2D eigenvalue weighted by atomic mass is 16.5. The zero-order valence-electron chi connectivity index (χ0n) is 15.4. The Morgan fingerprint density at radius 1 is 1.11 bits per heavy atom. The number of imidazole rings is 1. The van der Waals surface area contributed by atoms with Crippen LogP contribution in [0.5, 0.6) is 6.01 Å². The lowest BCUT2D eigenvalue weighted by Crippen LogP contribution is -2.06. The van der Waals surface area contributed by atoms with Crippen LogP contribution in [-0.4, -0.2) is 26.1 Å². The Morgan fingerprint density at radius 3 is 2.71 bits per heavy atom. The molecule has 0 unspecified atom stereocenters. The fourth-order valence-corrected chi connectivity index (χ4v) is 3.05. The van der Waals surface area contributed by atoms with Gasteiger partial charge in [0.15, 0.2) is 28.6 Å². The predicted octanol–water partition coefficient (Wildman–Crippen LogP) is 3.87. The topological polar surface area (TPSA) is 92.0 Å². The number of aromatic nitrogens is 4. The number of hydrogen-bond acceptors (Lipinski definition) is 6. The van der Waals surface area contributed by atoms with Gasteiger partial charge in [0.2, 0.25) is 0 Å². The van der Waals surface area contributed by atoms with E-state index < -0.39 is 0 Å².